The predicted molar refractivity (Wildman–Crippen MR) is 81.5 cm³/mol. The van der Waals surface area contributed by atoms with Crippen molar-refractivity contribution in [2.24, 2.45) is 5.92 Å². The highest BCUT2D eigenvalue weighted by atomic mass is 16.4. The number of amides is 1. The molecule has 1 heterocycles. The topological polar surface area (TPSA) is 66.6 Å². The van der Waals surface area contributed by atoms with Gasteiger partial charge in [-0.05, 0) is 43.4 Å². The first-order valence-corrected chi connectivity index (χ1v) is 7.54. The summed E-state index contributed by atoms with van der Waals surface area (Å²) in [4.78, 5) is 18.8. The molecule has 0 spiro atoms. The van der Waals surface area contributed by atoms with Gasteiger partial charge in [0, 0.05) is 20.0 Å². The van der Waals surface area contributed by atoms with Gasteiger partial charge in [0.1, 0.15) is 5.75 Å². The molecule has 5 nitrogen and oxygen atoms in total. The van der Waals surface area contributed by atoms with Gasteiger partial charge in [-0.1, -0.05) is 12.1 Å². The van der Waals surface area contributed by atoms with Crippen LogP contribution in [-0.2, 0) is 6.54 Å². The van der Waals surface area contributed by atoms with Crippen LogP contribution in [0.5, 0.6) is 5.75 Å². The lowest BCUT2D eigenvalue weighted by atomic mass is 10.2. The number of phenols is 1. The molecule has 116 valence electrons. The van der Waals surface area contributed by atoms with E-state index in [1.165, 1.54) is 12.8 Å². The zero-order valence-corrected chi connectivity index (χ0v) is 12.9. The maximum atomic E-state index is 12.8. The quantitative estimate of drug-likeness (QED) is 0.921. The van der Waals surface area contributed by atoms with Gasteiger partial charge in [0.2, 0.25) is 5.76 Å². The molecule has 0 unspecified atom stereocenters. The maximum Gasteiger partial charge on any atom is 0.291 e. The van der Waals surface area contributed by atoms with E-state index in [1.54, 1.807) is 26.0 Å². The molecule has 1 aliphatic rings. The van der Waals surface area contributed by atoms with Crippen LogP contribution in [0.4, 0.5) is 0 Å². The van der Waals surface area contributed by atoms with Crippen LogP contribution < -0.4 is 0 Å². The molecule has 22 heavy (non-hydrogen) atoms. The van der Waals surface area contributed by atoms with E-state index < -0.39 is 0 Å². The number of aromatic hydroxyl groups is 1. The molecule has 0 saturated heterocycles. The number of rotatable bonds is 5. The summed E-state index contributed by atoms with van der Waals surface area (Å²) in [5.41, 5.74) is 1.62. The van der Waals surface area contributed by atoms with Crippen molar-refractivity contribution in [3.8, 4) is 5.75 Å². The minimum atomic E-state index is -0.113. The molecule has 3 rings (SSSR count). The molecule has 1 aromatic heterocycles. The predicted octanol–water partition coefficient (Wildman–Crippen LogP) is 3.05. The van der Waals surface area contributed by atoms with Gasteiger partial charge in [0.15, 0.2) is 5.89 Å². The summed E-state index contributed by atoms with van der Waals surface area (Å²) in [5.74, 6) is 1.54. The summed E-state index contributed by atoms with van der Waals surface area (Å²) < 4.78 is 5.47. The van der Waals surface area contributed by atoms with Crippen LogP contribution >= 0.6 is 0 Å². The fraction of sp³-hybridized carbons (Fsp3) is 0.412. The molecule has 0 atom stereocenters. The molecule has 0 bridgehead atoms. The first kappa shape index (κ1) is 14.6. The molecule has 1 aliphatic carbocycles. The average molecular weight is 300 g/mol. The second kappa shape index (κ2) is 5.83. The Labute approximate surface area is 129 Å². The highest BCUT2D eigenvalue weighted by molar-refractivity contribution is 5.92. The third-order valence-corrected chi connectivity index (χ3v) is 3.87. The highest BCUT2D eigenvalue weighted by Gasteiger charge is 2.29. The first-order chi connectivity index (χ1) is 10.5. The minimum absolute atomic E-state index is 0.113. The van der Waals surface area contributed by atoms with Gasteiger partial charge in [-0.3, -0.25) is 4.79 Å². The fourth-order valence-electron chi connectivity index (χ4n) is 2.53. The third kappa shape index (κ3) is 3.30. The van der Waals surface area contributed by atoms with E-state index in [-0.39, 0.29) is 11.7 Å². The summed E-state index contributed by atoms with van der Waals surface area (Å²) in [6, 6.07) is 6.94. The normalized spacial score (nSPS) is 14.1. The van der Waals surface area contributed by atoms with Crippen molar-refractivity contribution in [3.05, 3.63) is 47.2 Å². The smallest absolute Gasteiger partial charge is 0.291 e. The summed E-state index contributed by atoms with van der Waals surface area (Å²) in [5, 5.41) is 9.37. The molecule has 1 saturated carbocycles. The van der Waals surface area contributed by atoms with Crippen molar-refractivity contribution >= 4 is 5.91 Å². The number of aromatic nitrogens is 1. The maximum absolute atomic E-state index is 12.8. The molecule has 1 aromatic carbocycles. The second-order valence-electron chi connectivity index (χ2n) is 5.94. The molecule has 1 fully saturated rings. The van der Waals surface area contributed by atoms with E-state index in [0.717, 1.165) is 12.1 Å². The summed E-state index contributed by atoms with van der Waals surface area (Å²) in [6.45, 7) is 4.78. The largest absolute Gasteiger partial charge is 0.508 e. The molecule has 1 N–H and O–H groups in total. The lowest BCUT2D eigenvalue weighted by Gasteiger charge is -2.22. The second-order valence-corrected chi connectivity index (χ2v) is 5.94. The Kier molecular flexibility index (Phi) is 3.88. The van der Waals surface area contributed by atoms with Gasteiger partial charge in [0.25, 0.3) is 5.91 Å². The summed E-state index contributed by atoms with van der Waals surface area (Å²) in [7, 11) is 0. The van der Waals surface area contributed by atoms with Crippen LogP contribution in [0.3, 0.4) is 0 Å². The van der Waals surface area contributed by atoms with E-state index in [4.69, 9.17) is 4.42 Å². The molecular formula is C17H20N2O3. The molecule has 0 aliphatic heterocycles. The number of benzene rings is 1. The van der Waals surface area contributed by atoms with Crippen molar-refractivity contribution in [2.75, 3.05) is 6.54 Å². The van der Waals surface area contributed by atoms with Crippen molar-refractivity contribution < 1.29 is 14.3 Å². The molecular weight excluding hydrogens is 280 g/mol. The van der Waals surface area contributed by atoms with Crippen LogP contribution in [0, 0.1) is 19.8 Å². The van der Waals surface area contributed by atoms with Gasteiger partial charge >= 0.3 is 0 Å². The zero-order chi connectivity index (χ0) is 15.7. The fourth-order valence-corrected chi connectivity index (χ4v) is 2.53. The molecule has 5 heteroatoms. The van der Waals surface area contributed by atoms with Crippen LogP contribution in [0.15, 0.2) is 28.7 Å². The van der Waals surface area contributed by atoms with Crippen molar-refractivity contribution in [1.82, 2.24) is 9.88 Å². The van der Waals surface area contributed by atoms with Crippen molar-refractivity contribution in [3.63, 3.8) is 0 Å². The number of carbonyl (C=O) groups is 1. The van der Waals surface area contributed by atoms with Crippen LogP contribution in [0.25, 0.3) is 0 Å². The van der Waals surface area contributed by atoms with Gasteiger partial charge in [-0.15, -0.1) is 0 Å². The van der Waals surface area contributed by atoms with E-state index in [0.29, 0.717) is 29.8 Å². The zero-order valence-electron chi connectivity index (χ0n) is 12.9. The SMILES string of the molecule is Cc1nc(C)c(C(=O)N(Cc2ccc(O)cc2)CC2CC2)o1. The lowest BCUT2D eigenvalue weighted by Crippen LogP contribution is -2.32. The van der Waals surface area contributed by atoms with Crippen molar-refractivity contribution in [1.29, 1.82) is 0 Å². The van der Waals surface area contributed by atoms with E-state index in [1.807, 2.05) is 17.0 Å². The first-order valence-electron chi connectivity index (χ1n) is 7.54. The number of phenolic OH excluding ortho intramolecular Hbond substituents is 1. The van der Waals surface area contributed by atoms with E-state index in [2.05, 4.69) is 4.98 Å². The standard InChI is InChI=1S/C17H20N2O3/c1-11-16(22-12(2)18-11)17(21)19(9-13-3-4-13)10-14-5-7-15(20)8-6-14/h5-8,13,20H,3-4,9-10H2,1-2H3. The molecule has 1 amide bonds. The number of aryl methyl sites for hydroxylation is 2. The Morgan fingerprint density at radius 1 is 1.32 bits per heavy atom. The highest BCUT2D eigenvalue weighted by Crippen LogP contribution is 2.31. The molecule has 2 aromatic rings. The van der Waals surface area contributed by atoms with Crippen LogP contribution in [0.1, 0.15) is 40.5 Å². The monoisotopic (exact) mass is 300 g/mol. The summed E-state index contributed by atoms with van der Waals surface area (Å²) in [6.07, 6.45) is 2.35. The number of nitrogens with zero attached hydrogens (tertiary/aromatic N) is 2. The number of hydrogen-bond acceptors (Lipinski definition) is 4. The van der Waals surface area contributed by atoms with E-state index in [9.17, 15) is 9.90 Å². The van der Waals surface area contributed by atoms with E-state index >= 15 is 0 Å². The third-order valence-electron chi connectivity index (χ3n) is 3.87. The Balaban J connectivity index is 1.80. The molecule has 0 radical (unpaired) electrons. The van der Waals surface area contributed by atoms with Gasteiger partial charge in [0.05, 0.1) is 5.69 Å². The summed E-state index contributed by atoms with van der Waals surface area (Å²) >= 11 is 0. The van der Waals surface area contributed by atoms with Crippen LogP contribution in [-0.4, -0.2) is 27.4 Å². The Morgan fingerprint density at radius 2 is 2.00 bits per heavy atom. The lowest BCUT2D eigenvalue weighted by molar-refractivity contribution is 0.0700. The average Bonchev–Trinajstić information content (AvgIpc) is 3.23. The van der Waals surface area contributed by atoms with Gasteiger partial charge in [-0.25, -0.2) is 4.98 Å². The van der Waals surface area contributed by atoms with Gasteiger partial charge < -0.3 is 14.4 Å². The minimum Gasteiger partial charge on any atom is -0.508 e. The Hall–Kier alpha value is -2.30. The van der Waals surface area contributed by atoms with Crippen LogP contribution in [0.2, 0.25) is 0 Å². The van der Waals surface area contributed by atoms with Gasteiger partial charge in [-0.2, -0.15) is 0 Å². The Morgan fingerprint density at radius 3 is 2.55 bits per heavy atom. The number of carbonyl (C=O) groups excluding carboxylic acids is 1. The number of oxazole rings is 1. The number of hydrogen-bond donors (Lipinski definition) is 1. The van der Waals surface area contributed by atoms with Crippen molar-refractivity contribution in [2.45, 2.75) is 33.2 Å². The Bertz CT molecular complexity index is 672.